The van der Waals surface area contributed by atoms with Gasteiger partial charge < -0.3 is 0 Å². The molecule has 1 aliphatic rings. The van der Waals surface area contributed by atoms with Crippen molar-refractivity contribution in [1.82, 2.24) is 0 Å². The van der Waals surface area contributed by atoms with Gasteiger partial charge in [0.25, 0.3) is 0 Å². The second-order valence-electron chi connectivity index (χ2n) is 3.93. The molecular formula is C12H13FOS. The summed E-state index contributed by atoms with van der Waals surface area (Å²) < 4.78 is 12.8. The summed E-state index contributed by atoms with van der Waals surface area (Å²) in [5.41, 5.74) is 0. The van der Waals surface area contributed by atoms with Crippen LogP contribution in [0.3, 0.4) is 0 Å². The predicted molar refractivity (Wildman–Crippen MR) is 59.5 cm³/mol. The second kappa shape index (κ2) is 4.79. The van der Waals surface area contributed by atoms with Gasteiger partial charge in [-0.05, 0) is 37.0 Å². The topological polar surface area (TPSA) is 17.1 Å². The second-order valence-corrected chi connectivity index (χ2v) is 4.98. The van der Waals surface area contributed by atoms with E-state index in [1.165, 1.54) is 36.7 Å². The van der Waals surface area contributed by atoms with Crippen molar-refractivity contribution in [3.05, 3.63) is 30.1 Å². The molecule has 2 rings (SSSR count). The molecule has 0 aromatic heterocycles. The molecule has 1 fully saturated rings. The number of rotatable bonds is 5. The molecule has 0 amide bonds. The van der Waals surface area contributed by atoms with Crippen molar-refractivity contribution in [1.29, 1.82) is 0 Å². The molecule has 0 aliphatic heterocycles. The quantitative estimate of drug-likeness (QED) is 0.714. The van der Waals surface area contributed by atoms with Crippen LogP contribution in [0.15, 0.2) is 29.2 Å². The van der Waals surface area contributed by atoms with Crippen LogP contribution in [0.25, 0.3) is 0 Å². The average Bonchev–Trinajstić information content (AvgIpc) is 2.99. The van der Waals surface area contributed by atoms with E-state index >= 15 is 0 Å². The Morgan fingerprint density at radius 1 is 1.47 bits per heavy atom. The molecule has 3 heteroatoms. The maximum Gasteiger partial charge on any atom is 0.143 e. The van der Waals surface area contributed by atoms with Crippen molar-refractivity contribution >= 4 is 17.5 Å². The Labute approximate surface area is 93.1 Å². The Morgan fingerprint density at radius 3 is 2.93 bits per heavy atom. The van der Waals surface area contributed by atoms with Crippen LogP contribution in [0.1, 0.15) is 19.3 Å². The van der Waals surface area contributed by atoms with E-state index in [1.54, 1.807) is 6.07 Å². The summed E-state index contributed by atoms with van der Waals surface area (Å²) in [6.45, 7) is 0. The Bertz CT molecular complexity index is 360. The van der Waals surface area contributed by atoms with Crippen molar-refractivity contribution in [2.45, 2.75) is 24.2 Å². The highest BCUT2D eigenvalue weighted by Gasteiger charge is 2.23. The summed E-state index contributed by atoms with van der Waals surface area (Å²) in [6.07, 6.45) is 3.12. The normalized spacial score (nSPS) is 15.3. The lowest BCUT2D eigenvalue weighted by atomic mass is 10.2. The van der Waals surface area contributed by atoms with E-state index in [0.717, 1.165) is 4.90 Å². The van der Waals surface area contributed by atoms with Gasteiger partial charge in [0.15, 0.2) is 0 Å². The Kier molecular flexibility index (Phi) is 3.41. The fourth-order valence-electron chi connectivity index (χ4n) is 1.42. The molecule has 1 nitrogen and oxygen atoms in total. The van der Waals surface area contributed by atoms with Gasteiger partial charge in [-0.15, -0.1) is 11.8 Å². The molecule has 1 aromatic rings. The third kappa shape index (κ3) is 3.67. The van der Waals surface area contributed by atoms with Crippen molar-refractivity contribution < 1.29 is 9.18 Å². The minimum Gasteiger partial charge on any atom is -0.299 e. The van der Waals surface area contributed by atoms with E-state index in [-0.39, 0.29) is 11.6 Å². The summed E-state index contributed by atoms with van der Waals surface area (Å²) in [7, 11) is 0. The van der Waals surface area contributed by atoms with Crippen LogP contribution in [0.2, 0.25) is 0 Å². The maximum absolute atomic E-state index is 12.8. The summed E-state index contributed by atoms with van der Waals surface area (Å²) in [4.78, 5) is 12.3. The number of ketones is 1. The molecular weight excluding hydrogens is 211 g/mol. The molecule has 0 N–H and O–H groups in total. The fourth-order valence-corrected chi connectivity index (χ4v) is 2.24. The SMILES string of the molecule is O=C(CSc1cccc(F)c1)CC1CC1. The minimum absolute atomic E-state index is 0.241. The number of benzene rings is 1. The van der Waals surface area contributed by atoms with Gasteiger partial charge in [0.1, 0.15) is 11.6 Å². The van der Waals surface area contributed by atoms with E-state index in [4.69, 9.17) is 0 Å². The van der Waals surface area contributed by atoms with Crippen LogP contribution in [0, 0.1) is 11.7 Å². The first-order valence-electron chi connectivity index (χ1n) is 5.14. The highest BCUT2D eigenvalue weighted by Crippen LogP contribution is 2.33. The summed E-state index contributed by atoms with van der Waals surface area (Å²) in [6, 6.07) is 6.38. The molecule has 1 aliphatic carbocycles. The third-order valence-corrected chi connectivity index (χ3v) is 3.46. The summed E-state index contributed by atoms with van der Waals surface area (Å²) in [5.74, 6) is 1.16. The molecule has 0 spiro atoms. The van der Waals surface area contributed by atoms with Crippen LogP contribution in [0.5, 0.6) is 0 Å². The molecule has 0 radical (unpaired) electrons. The van der Waals surface area contributed by atoms with Gasteiger partial charge in [0.2, 0.25) is 0 Å². The molecule has 15 heavy (non-hydrogen) atoms. The van der Waals surface area contributed by atoms with Gasteiger partial charge in [-0.25, -0.2) is 4.39 Å². The fraction of sp³-hybridized carbons (Fsp3) is 0.417. The molecule has 0 heterocycles. The zero-order valence-electron chi connectivity index (χ0n) is 8.41. The van der Waals surface area contributed by atoms with Crippen molar-refractivity contribution in [2.75, 3.05) is 5.75 Å². The van der Waals surface area contributed by atoms with E-state index in [9.17, 15) is 9.18 Å². The maximum atomic E-state index is 12.8. The lowest BCUT2D eigenvalue weighted by molar-refractivity contribution is -0.116. The first-order valence-corrected chi connectivity index (χ1v) is 6.12. The van der Waals surface area contributed by atoms with Crippen LogP contribution in [0.4, 0.5) is 4.39 Å². The number of Topliss-reactive ketones (excluding diaryl/α,β-unsaturated/α-hetero) is 1. The highest BCUT2D eigenvalue weighted by molar-refractivity contribution is 8.00. The van der Waals surface area contributed by atoms with Crippen LogP contribution >= 0.6 is 11.8 Å². The van der Waals surface area contributed by atoms with Gasteiger partial charge in [0.05, 0.1) is 5.75 Å². The smallest absolute Gasteiger partial charge is 0.143 e. The van der Waals surface area contributed by atoms with Crippen molar-refractivity contribution in [2.24, 2.45) is 5.92 Å². The predicted octanol–water partition coefficient (Wildman–Crippen LogP) is 3.29. The monoisotopic (exact) mass is 224 g/mol. The number of carbonyl (C=O) groups is 1. The number of halogens is 1. The zero-order valence-corrected chi connectivity index (χ0v) is 9.23. The Balaban J connectivity index is 1.78. The molecule has 0 unspecified atom stereocenters. The molecule has 0 saturated heterocycles. The Morgan fingerprint density at radius 2 is 2.27 bits per heavy atom. The standard InChI is InChI=1S/C12H13FOS/c13-10-2-1-3-12(7-10)15-8-11(14)6-9-4-5-9/h1-3,7,9H,4-6,8H2. The van der Waals surface area contributed by atoms with E-state index < -0.39 is 0 Å². The first-order chi connectivity index (χ1) is 7.24. The summed E-state index contributed by atoms with van der Waals surface area (Å²) in [5, 5.41) is 0. The third-order valence-electron chi connectivity index (χ3n) is 2.41. The van der Waals surface area contributed by atoms with E-state index in [1.807, 2.05) is 6.07 Å². The van der Waals surface area contributed by atoms with E-state index in [0.29, 0.717) is 18.1 Å². The molecule has 0 bridgehead atoms. The molecule has 0 atom stereocenters. The van der Waals surface area contributed by atoms with Crippen molar-refractivity contribution in [3.63, 3.8) is 0 Å². The highest BCUT2D eigenvalue weighted by atomic mass is 32.2. The van der Waals surface area contributed by atoms with Crippen LogP contribution < -0.4 is 0 Å². The van der Waals surface area contributed by atoms with Crippen LogP contribution in [-0.4, -0.2) is 11.5 Å². The van der Waals surface area contributed by atoms with Gasteiger partial charge in [0, 0.05) is 11.3 Å². The first kappa shape index (κ1) is 10.7. The number of hydrogen-bond acceptors (Lipinski definition) is 2. The van der Waals surface area contributed by atoms with Gasteiger partial charge in [-0.1, -0.05) is 6.07 Å². The van der Waals surface area contributed by atoms with Crippen molar-refractivity contribution in [3.8, 4) is 0 Å². The van der Waals surface area contributed by atoms with Gasteiger partial charge >= 0.3 is 0 Å². The lowest BCUT2D eigenvalue weighted by Gasteiger charge is -2.00. The number of thioether (sulfide) groups is 1. The lowest BCUT2D eigenvalue weighted by Crippen LogP contribution is -2.01. The minimum atomic E-state index is -0.241. The van der Waals surface area contributed by atoms with Gasteiger partial charge in [-0.3, -0.25) is 4.79 Å². The number of hydrogen-bond donors (Lipinski definition) is 0. The molecule has 80 valence electrons. The number of carbonyl (C=O) groups excluding carboxylic acids is 1. The Hall–Kier alpha value is -0.830. The van der Waals surface area contributed by atoms with Crippen LogP contribution in [-0.2, 0) is 4.79 Å². The van der Waals surface area contributed by atoms with E-state index in [2.05, 4.69) is 0 Å². The van der Waals surface area contributed by atoms with Gasteiger partial charge in [-0.2, -0.15) is 0 Å². The molecule has 1 aromatic carbocycles. The molecule has 1 saturated carbocycles. The average molecular weight is 224 g/mol. The summed E-state index contributed by atoms with van der Waals surface area (Å²) >= 11 is 1.42. The zero-order chi connectivity index (χ0) is 10.7. The largest absolute Gasteiger partial charge is 0.299 e.